The van der Waals surface area contributed by atoms with Gasteiger partial charge in [0, 0.05) is 11.6 Å². The number of halogens is 1. The molecule has 4 rings (SSSR count). The fourth-order valence-corrected chi connectivity index (χ4v) is 4.03. The number of thioether (sulfide) groups is 1. The number of carbonyl (C=O) groups is 1. The van der Waals surface area contributed by atoms with Crippen LogP contribution < -0.4 is 10.9 Å². The summed E-state index contributed by atoms with van der Waals surface area (Å²) in [6.07, 6.45) is 2.94. The number of rotatable bonds is 6. The standard InChI is InChI=1S/C20H17ClN6O2S/c1-2-26-19(29)14-5-3-4-6-15(14)25-20(26)30-10-18(28)24-16-9-13(21)7-8-17(16)27-12-22-11-23-27/h3-9,11-12H,2,10H2,1H3,(H,24,28). The quantitative estimate of drug-likeness (QED) is 0.365. The van der Waals surface area contributed by atoms with Crippen molar-refractivity contribution in [2.24, 2.45) is 0 Å². The van der Waals surface area contributed by atoms with Crippen molar-refractivity contribution in [3.8, 4) is 5.69 Å². The first kappa shape index (κ1) is 20.1. The van der Waals surface area contributed by atoms with Crippen LogP contribution in [0.5, 0.6) is 0 Å². The Labute approximate surface area is 180 Å². The third kappa shape index (κ3) is 4.07. The summed E-state index contributed by atoms with van der Waals surface area (Å²) in [5.41, 5.74) is 1.65. The number of anilines is 1. The highest BCUT2D eigenvalue weighted by Crippen LogP contribution is 2.25. The molecule has 1 amide bonds. The molecule has 0 radical (unpaired) electrons. The summed E-state index contributed by atoms with van der Waals surface area (Å²) in [5.74, 6) is -0.178. The summed E-state index contributed by atoms with van der Waals surface area (Å²) < 4.78 is 3.11. The van der Waals surface area contributed by atoms with Gasteiger partial charge in [0.25, 0.3) is 5.56 Å². The van der Waals surface area contributed by atoms with Crippen molar-refractivity contribution in [2.45, 2.75) is 18.6 Å². The fraction of sp³-hybridized carbons (Fsp3) is 0.150. The lowest BCUT2D eigenvalue weighted by molar-refractivity contribution is -0.113. The molecule has 30 heavy (non-hydrogen) atoms. The Balaban J connectivity index is 1.55. The molecule has 0 fully saturated rings. The Bertz CT molecular complexity index is 1270. The van der Waals surface area contributed by atoms with Crippen LogP contribution in [-0.2, 0) is 11.3 Å². The molecular formula is C20H17ClN6O2S. The smallest absolute Gasteiger partial charge is 0.262 e. The number of nitrogens with zero attached hydrogens (tertiary/aromatic N) is 5. The number of amides is 1. The van der Waals surface area contributed by atoms with E-state index in [0.717, 1.165) is 0 Å². The maximum absolute atomic E-state index is 12.7. The highest BCUT2D eigenvalue weighted by molar-refractivity contribution is 7.99. The maximum Gasteiger partial charge on any atom is 0.262 e. The van der Waals surface area contributed by atoms with Gasteiger partial charge in [0.2, 0.25) is 5.91 Å². The molecule has 4 aromatic rings. The van der Waals surface area contributed by atoms with Crippen molar-refractivity contribution >= 4 is 45.9 Å². The summed E-state index contributed by atoms with van der Waals surface area (Å²) in [6.45, 7) is 2.34. The van der Waals surface area contributed by atoms with E-state index in [4.69, 9.17) is 11.6 Å². The average molecular weight is 441 g/mol. The molecule has 0 spiro atoms. The molecule has 0 aliphatic rings. The predicted octanol–water partition coefficient (Wildman–Crippen LogP) is 3.38. The van der Waals surface area contributed by atoms with Crippen LogP contribution in [-0.4, -0.2) is 36.0 Å². The van der Waals surface area contributed by atoms with E-state index in [2.05, 4.69) is 20.4 Å². The van der Waals surface area contributed by atoms with E-state index < -0.39 is 0 Å². The molecule has 0 saturated heterocycles. The van der Waals surface area contributed by atoms with Gasteiger partial charge in [-0.2, -0.15) is 5.10 Å². The first-order chi connectivity index (χ1) is 14.6. The SMILES string of the molecule is CCn1c(SCC(=O)Nc2cc(Cl)ccc2-n2cncn2)nc2ccccc2c1=O. The Morgan fingerprint density at radius 3 is 2.83 bits per heavy atom. The number of fused-ring (bicyclic) bond motifs is 1. The molecule has 0 unspecified atom stereocenters. The summed E-state index contributed by atoms with van der Waals surface area (Å²) in [6, 6.07) is 12.3. The van der Waals surface area contributed by atoms with Crippen LogP contribution in [0.2, 0.25) is 5.02 Å². The Morgan fingerprint density at radius 1 is 1.23 bits per heavy atom. The first-order valence-corrected chi connectivity index (χ1v) is 10.5. The molecule has 0 aliphatic carbocycles. The zero-order valence-corrected chi connectivity index (χ0v) is 17.5. The van der Waals surface area contributed by atoms with Gasteiger partial charge in [0.15, 0.2) is 5.16 Å². The van der Waals surface area contributed by atoms with E-state index in [9.17, 15) is 9.59 Å². The molecule has 10 heteroatoms. The number of hydrogen-bond acceptors (Lipinski definition) is 6. The molecule has 152 valence electrons. The fourth-order valence-electron chi connectivity index (χ4n) is 2.99. The third-order valence-electron chi connectivity index (χ3n) is 4.37. The average Bonchev–Trinajstić information content (AvgIpc) is 3.27. The molecule has 2 aromatic heterocycles. The number of carbonyl (C=O) groups excluding carboxylic acids is 1. The van der Waals surface area contributed by atoms with Crippen molar-refractivity contribution in [1.29, 1.82) is 0 Å². The van der Waals surface area contributed by atoms with E-state index >= 15 is 0 Å². The number of aromatic nitrogens is 5. The normalized spacial score (nSPS) is 11.0. The molecule has 1 N–H and O–H groups in total. The zero-order chi connectivity index (χ0) is 21.1. The highest BCUT2D eigenvalue weighted by Gasteiger charge is 2.14. The molecule has 2 heterocycles. The van der Waals surface area contributed by atoms with E-state index in [1.807, 2.05) is 19.1 Å². The highest BCUT2D eigenvalue weighted by atomic mass is 35.5. The molecular weight excluding hydrogens is 424 g/mol. The van der Waals surface area contributed by atoms with E-state index in [-0.39, 0.29) is 17.2 Å². The van der Waals surface area contributed by atoms with Gasteiger partial charge in [-0.3, -0.25) is 14.2 Å². The summed E-state index contributed by atoms with van der Waals surface area (Å²) in [4.78, 5) is 33.8. The summed E-state index contributed by atoms with van der Waals surface area (Å²) in [7, 11) is 0. The van der Waals surface area contributed by atoms with Gasteiger partial charge in [-0.05, 0) is 37.3 Å². The minimum atomic E-state index is -0.256. The van der Waals surface area contributed by atoms with Crippen LogP contribution in [0.1, 0.15) is 6.92 Å². The number of para-hydroxylation sites is 1. The van der Waals surface area contributed by atoms with Crippen molar-refractivity contribution < 1.29 is 4.79 Å². The number of nitrogens with one attached hydrogen (secondary N) is 1. The van der Waals surface area contributed by atoms with Crippen molar-refractivity contribution in [3.05, 3.63) is 70.5 Å². The zero-order valence-electron chi connectivity index (χ0n) is 15.9. The lowest BCUT2D eigenvalue weighted by Gasteiger charge is -2.13. The van der Waals surface area contributed by atoms with Gasteiger partial charge < -0.3 is 5.32 Å². The largest absolute Gasteiger partial charge is 0.323 e. The van der Waals surface area contributed by atoms with E-state index in [1.165, 1.54) is 24.4 Å². The summed E-state index contributed by atoms with van der Waals surface area (Å²) >= 11 is 7.30. The number of hydrogen-bond donors (Lipinski definition) is 1. The lowest BCUT2D eigenvalue weighted by atomic mass is 10.2. The Morgan fingerprint density at radius 2 is 2.07 bits per heavy atom. The van der Waals surface area contributed by atoms with Crippen molar-refractivity contribution in [2.75, 3.05) is 11.1 Å². The first-order valence-electron chi connectivity index (χ1n) is 9.13. The van der Waals surface area contributed by atoms with Crippen LogP contribution in [0.25, 0.3) is 16.6 Å². The minimum absolute atomic E-state index is 0.0775. The van der Waals surface area contributed by atoms with Gasteiger partial charge in [-0.1, -0.05) is 35.5 Å². The van der Waals surface area contributed by atoms with Crippen LogP contribution in [0.15, 0.2) is 65.1 Å². The molecule has 8 nitrogen and oxygen atoms in total. The second-order valence-corrected chi connectivity index (χ2v) is 7.68. The summed E-state index contributed by atoms with van der Waals surface area (Å²) in [5, 5.41) is 8.49. The second kappa shape index (κ2) is 8.68. The van der Waals surface area contributed by atoms with Crippen molar-refractivity contribution in [1.82, 2.24) is 24.3 Å². The van der Waals surface area contributed by atoms with Gasteiger partial charge in [0.1, 0.15) is 12.7 Å². The van der Waals surface area contributed by atoms with Gasteiger partial charge in [-0.25, -0.2) is 14.6 Å². The van der Waals surface area contributed by atoms with Crippen LogP contribution in [0.4, 0.5) is 5.69 Å². The maximum atomic E-state index is 12.7. The van der Waals surface area contributed by atoms with Crippen LogP contribution >= 0.6 is 23.4 Å². The monoisotopic (exact) mass is 440 g/mol. The molecule has 0 bridgehead atoms. The van der Waals surface area contributed by atoms with E-state index in [1.54, 1.807) is 39.6 Å². The molecule has 2 aromatic carbocycles. The topological polar surface area (TPSA) is 94.7 Å². The van der Waals surface area contributed by atoms with Gasteiger partial charge in [0.05, 0.1) is 28.0 Å². The Kier molecular flexibility index (Phi) is 5.82. The van der Waals surface area contributed by atoms with Gasteiger partial charge in [-0.15, -0.1) is 0 Å². The third-order valence-corrected chi connectivity index (χ3v) is 5.58. The minimum Gasteiger partial charge on any atom is -0.323 e. The molecule has 0 atom stereocenters. The van der Waals surface area contributed by atoms with Crippen LogP contribution in [0.3, 0.4) is 0 Å². The van der Waals surface area contributed by atoms with Gasteiger partial charge >= 0.3 is 0 Å². The second-order valence-electron chi connectivity index (χ2n) is 6.30. The molecule has 0 saturated carbocycles. The Hall–Kier alpha value is -3.17. The lowest BCUT2D eigenvalue weighted by Crippen LogP contribution is -2.23. The predicted molar refractivity (Wildman–Crippen MR) is 117 cm³/mol. The van der Waals surface area contributed by atoms with E-state index in [0.29, 0.717) is 39.0 Å². The number of benzene rings is 2. The van der Waals surface area contributed by atoms with Crippen LogP contribution in [0, 0.1) is 0 Å². The molecule has 0 aliphatic heterocycles. The van der Waals surface area contributed by atoms with Crippen molar-refractivity contribution in [3.63, 3.8) is 0 Å².